The van der Waals surface area contributed by atoms with Crippen LogP contribution in [0.4, 0.5) is 0 Å². The highest BCUT2D eigenvalue weighted by atomic mass is 32.1. The van der Waals surface area contributed by atoms with Gasteiger partial charge in [-0.05, 0) is 56.8 Å². The lowest BCUT2D eigenvalue weighted by atomic mass is 9.99. The van der Waals surface area contributed by atoms with Gasteiger partial charge in [-0.3, -0.25) is 15.2 Å². The highest BCUT2D eigenvalue weighted by molar-refractivity contribution is 7.80. The molecule has 3 aromatic rings. The van der Waals surface area contributed by atoms with Gasteiger partial charge in [0.05, 0.1) is 16.8 Å². The Bertz CT molecular complexity index is 1030. The van der Waals surface area contributed by atoms with Gasteiger partial charge >= 0.3 is 0 Å². The van der Waals surface area contributed by atoms with Gasteiger partial charge in [-0.25, -0.2) is 4.98 Å². The summed E-state index contributed by atoms with van der Waals surface area (Å²) in [6.07, 6.45) is 0. The van der Waals surface area contributed by atoms with Gasteiger partial charge < -0.3 is 5.73 Å². The van der Waals surface area contributed by atoms with Gasteiger partial charge in [-0.2, -0.15) is 0 Å². The third-order valence-corrected chi connectivity index (χ3v) is 4.67. The molecule has 0 aliphatic carbocycles. The second-order valence-electron chi connectivity index (χ2n) is 6.41. The van der Waals surface area contributed by atoms with Crippen LogP contribution in [0.15, 0.2) is 48.5 Å². The number of rotatable bonds is 3. The van der Waals surface area contributed by atoms with E-state index in [0.717, 1.165) is 33.3 Å². The van der Waals surface area contributed by atoms with Gasteiger partial charge in [0.15, 0.2) is 5.11 Å². The van der Waals surface area contributed by atoms with E-state index in [2.05, 4.69) is 23.6 Å². The Balaban J connectivity index is 2.15. The molecule has 3 N–H and O–H groups in total. The fraction of sp³-hybridized carbons (Fsp3) is 0.190. The quantitative estimate of drug-likeness (QED) is 0.537. The Morgan fingerprint density at radius 1 is 1.19 bits per heavy atom. The molecule has 0 fully saturated rings. The minimum absolute atomic E-state index is 0.124. The number of carbonyl (C=O) groups excluding carboxylic acids is 1. The van der Waals surface area contributed by atoms with E-state index in [1.54, 1.807) is 0 Å². The summed E-state index contributed by atoms with van der Waals surface area (Å²) in [5.41, 5.74) is 13.8. The molecule has 1 amide bonds. The van der Waals surface area contributed by atoms with Crippen molar-refractivity contribution < 1.29 is 4.79 Å². The van der Waals surface area contributed by atoms with Crippen LogP contribution in [0.5, 0.6) is 0 Å². The average molecular weight is 379 g/mol. The van der Waals surface area contributed by atoms with Gasteiger partial charge in [0, 0.05) is 17.5 Å². The summed E-state index contributed by atoms with van der Waals surface area (Å²) < 4.78 is 0. The maximum atomic E-state index is 13.0. The van der Waals surface area contributed by atoms with Crippen LogP contribution in [0, 0.1) is 13.8 Å². The Kier molecular flexibility index (Phi) is 5.37. The number of aromatic nitrogens is 1. The molecule has 5 nitrogen and oxygen atoms in total. The number of nitrogens with two attached hydrogens (primary N) is 1. The first-order valence-electron chi connectivity index (χ1n) is 8.76. The Labute approximate surface area is 164 Å². The average Bonchev–Trinajstić information content (AvgIpc) is 2.66. The van der Waals surface area contributed by atoms with Crippen molar-refractivity contribution in [3.63, 3.8) is 0 Å². The van der Waals surface area contributed by atoms with Gasteiger partial charge in [-0.1, -0.05) is 35.9 Å². The van der Waals surface area contributed by atoms with Crippen LogP contribution < -0.4 is 11.2 Å². The van der Waals surface area contributed by atoms with E-state index in [1.807, 2.05) is 51.1 Å². The number of thiocarbonyl (C=S) groups is 1. The van der Waals surface area contributed by atoms with Crippen LogP contribution in [0.1, 0.15) is 28.4 Å². The summed E-state index contributed by atoms with van der Waals surface area (Å²) in [6, 6.07) is 15.6. The number of benzene rings is 2. The zero-order valence-corrected chi connectivity index (χ0v) is 16.4. The number of fused-ring (bicyclic) bond motifs is 1. The molecule has 0 aliphatic rings. The monoisotopic (exact) mass is 378 g/mol. The maximum Gasteiger partial charge on any atom is 0.270 e. The highest BCUT2D eigenvalue weighted by Crippen LogP contribution is 2.28. The van der Waals surface area contributed by atoms with E-state index in [9.17, 15) is 4.79 Å². The molecule has 138 valence electrons. The summed E-state index contributed by atoms with van der Waals surface area (Å²) in [7, 11) is 0. The van der Waals surface area contributed by atoms with Crippen molar-refractivity contribution in [2.45, 2.75) is 20.8 Å². The molecule has 27 heavy (non-hydrogen) atoms. The van der Waals surface area contributed by atoms with Gasteiger partial charge in [0.1, 0.15) is 0 Å². The molecule has 0 bridgehead atoms. The second kappa shape index (κ2) is 7.72. The maximum absolute atomic E-state index is 13.0. The molecule has 0 saturated heterocycles. The van der Waals surface area contributed by atoms with Crippen LogP contribution in [-0.4, -0.2) is 27.6 Å². The number of para-hydroxylation sites is 1. The zero-order chi connectivity index (χ0) is 19.6. The van der Waals surface area contributed by atoms with Crippen LogP contribution in [0.2, 0.25) is 0 Å². The number of nitrogens with one attached hydrogen (secondary N) is 1. The molecule has 6 heteroatoms. The lowest BCUT2D eigenvalue weighted by Gasteiger charge is -2.22. The number of nitrogens with zero attached hydrogens (tertiary/aromatic N) is 2. The minimum Gasteiger partial charge on any atom is -0.375 e. The van der Waals surface area contributed by atoms with Crippen molar-refractivity contribution in [2.24, 2.45) is 5.73 Å². The first-order valence-corrected chi connectivity index (χ1v) is 9.17. The zero-order valence-electron chi connectivity index (χ0n) is 15.6. The fourth-order valence-electron chi connectivity index (χ4n) is 2.99. The number of carbonyl (C=O) groups is 1. The van der Waals surface area contributed by atoms with Crippen LogP contribution in [0.25, 0.3) is 22.2 Å². The topological polar surface area (TPSA) is 71.2 Å². The number of aryl methyl sites for hydroxylation is 2. The molecule has 0 saturated carbocycles. The van der Waals surface area contributed by atoms with Crippen LogP contribution >= 0.6 is 12.2 Å². The van der Waals surface area contributed by atoms with Crippen molar-refractivity contribution in [3.05, 3.63) is 65.2 Å². The molecule has 1 aromatic heterocycles. The number of hydrazine groups is 1. The van der Waals surface area contributed by atoms with Gasteiger partial charge in [-0.15, -0.1) is 0 Å². The number of amides is 1. The Morgan fingerprint density at radius 3 is 2.63 bits per heavy atom. The van der Waals surface area contributed by atoms with E-state index in [0.29, 0.717) is 12.1 Å². The summed E-state index contributed by atoms with van der Waals surface area (Å²) in [6.45, 7) is 6.43. The van der Waals surface area contributed by atoms with Crippen molar-refractivity contribution in [2.75, 3.05) is 6.54 Å². The van der Waals surface area contributed by atoms with Crippen molar-refractivity contribution in [3.8, 4) is 11.3 Å². The van der Waals surface area contributed by atoms with Crippen molar-refractivity contribution >= 4 is 34.1 Å². The number of pyridine rings is 1. The Hall–Kier alpha value is -2.99. The SMILES string of the molecule is CCN(NC(=O)c1cc(-c2cc(C)ccc2C)nc2ccccc12)C(N)=S. The normalized spacial score (nSPS) is 10.6. The summed E-state index contributed by atoms with van der Waals surface area (Å²) >= 11 is 4.99. The number of hydrogen-bond donors (Lipinski definition) is 2. The molecule has 0 aliphatic heterocycles. The largest absolute Gasteiger partial charge is 0.375 e. The molecule has 0 spiro atoms. The first kappa shape index (κ1) is 18.8. The highest BCUT2D eigenvalue weighted by Gasteiger charge is 2.17. The third-order valence-electron chi connectivity index (χ3n) is 4.45. The predicted molar refractivity (Wildman–Crippen MR) is 113 cm³/mol. The minimum atomic E-state index is -0.269. The lowest BCUT2D eigenvalue weighted by Crippen LogP contribution is -2.48. The van der Waals surface area contributed by atoms with Crippen LogP contribution in [0.3, 0.4) is 0 Å². The van der Waals surface area contributed by atoms with Crippen LogP contribution in [-0.2, 0) is 0 Å². The van der Waals surface area contributed by atoms with E-state index in [-0.39, 0.29) is 11.0 Å². The molecule has 1 heterocycles. The number of hydrogen-bond acceptors (Lipinski definition) is 3. The summed E-state index contributed by atoms with van der Waals surface area (Å²) in [5, 5.41) is 2.35. The van der Waals surface area contributed by atoms with Crippen molar-refractivity contribution in [1.82, 2.24) is 15.4 Å². The lowest BCUT2D eigenvalue weighted by molar-refractivity contribution is 0.0876. The van der Waals surface area contributed by atoms with Crippen molar-refractivity contribution in [1.29, 1.82) is 0 Å². The van der Waals surface area contributed by atoms with Gasteiger partial charge in [0.25, 0.3) is 5.91 Å². The van der Waals surface area contributed by atoms with Gasteiger partial charge in [0.2, 0.25) is 0 Å². The smallest absolute Gasteiger partial charge is 0.270 e. The summed E-state index contributed by atoms with van der Waals surface area (Å²) in [4.78, 5) is 17.8. The molecular weight excluding hydrogens is 356 g/mol. The molecular formula is C21H22N4OS. The Morgan fingerprint density at radius 2 is 1.93 bits per heavy atom. The fourth-order valence-corrected chi connectivity index (χ4v) is 3.16. The molecule has 2 aromatic carbocycles. The predicted octanol–water partition coefficient (Wildman–Crippen LogP) is 3.73. The molecule has 3 rings (SSSR count). The third kappa shape index (κ3) is 3.90. The first-order chi connectivity index (χ1) is 12.9. The van der Waals surface area contributed by atoms with E-state index >= 15 is 0 Å². The molecule has 0 unspecified atom stereocenters. The van der Waals surface area contributed by atoms with E-state index < -0.39 is 0 Å². The van der Waals surface area contributed by atoms with E-state index in [1.165, 1.54) is 5.01 Å². The van der Waals surface area contributed by atoms with E-state index in [4.69, 9.17) is 22.9 Å². The summed E-state index contributed by atoms with van der Waals surface area (Å²) in [5.74, 6) is -0.269. The molecule has 0 atom stereocenters. The second-order valence-corrected chi connectivity index (χ2v) is 6.83. The molecule has 0 radical (unpaired) electrons. The standard InChI is InChI=1S/C21H22N4OS/c1-4-25(21(22)27)24-20(26)17-12-19(16-11-13(2)9-10-14(16)3)23-18-8-6-5-7-15(17)18/h5-12H,4H2,1-3H3,(H2,22,27)(H,24,26).